The number of ether oxygens (including phenoxy) is 2. The van der Waals surface area contributed by atoms with E-state index in [1.165, 1.54) is 0 Å². The summed E-state index contributed by atoms with van der Waals surface area (Å²) >= 11 is 32.1. The van der Waals surface area contributed by atoms with Crippen LogP contribution >= 0.6 is 69.6 Å². The van der Waals surface area contributed by atoms with Crippen molar-refractivity contribution in [1.29, 1.82) is 0 Å². The van der Waals surface area contributed by atoms with E-state index in [4.69, 9.17) is 69.6 Å². The second-order valence-corrected chi connectivity index (χ2v) is 6.50. The molecule has 0 fully saturated rings. The lowest BCUT2D eigenvalue weighted by Crippen LogP contribution is -2.17. The average molecular weight is 348 g/mol. The summed E-state index contributed by atoms with van der Waals surface area (Å²) in [6, 6.07) is -0.585. The Morgan fingerprint density at radius 3 is 1.50 bits per heavy atom. The fourth-order valence-corrected chi connectivity index (χ4v) is 0.987. The normalized spacial score (nSPS) is 12.4. The highest BCUT2D eigenvalue weighted by atomic mass is 35.6. The highest BCUT2D eigenvalue weighted by Gasteiger charge is 2.26. The van der Waals surface area contributed by atoms with Crippen molar-refractivity contribution >= 4 is 69.6 Å². The monoisotopic (exact) mass is 345 g/mol. The molecule has 5 nitrogen and oxygen atoms in total. The predicted molar refractivity (Wildman–Crippen MR) is 61.7 cm³/mol. The molecule has 0 spiro atoms. The third-order valence-electron chi connectivity index (χ3n) is 0.942. The average Bonchev–Trinajstić information content (AvgIpc) is 1.96. The Morgan fingerprint density at radius 2 is 1.19 bits per heavy atom. The highest BCUT2D eigenvalue weighted by molar-refractivity contribution is 6.66. The summed E-state index contributed by atoms with van der Waals surface area (Å²) in [6.45, 7) is 0. The van der Waals surface area contributed by atoms with Crippen LogP contribution in [0.25, 0.3) is 0 Å². The van der Waals surface area contributed by atoms with Crippen LogP contribution in [0.2, 0.25) is 0 Å². The second-order valence-electron chi connectivity index (χ2n) is 2.15. The van der Waals surface area contributed by atoms with Crippen LogP contribution in [0.5, 0.6) is 12.0 Å². The van der Waals surface area contributed by atoms with E-state index >= 15 is 0 Å². The summed E-state index contributed by atoms with van der Waals surface area (Å²) < 4.78 is 5.33. The number of halogens is 6. The van der Waals surface area contributed by atoms with Crippen LogP contribution in [0.15, 0.2) is 6.33 Å². The Balaban J connectivity index is 2.79. The number of hydrogen-bond acceptors (Lipinski definition) is 5. The van der Waals surface area contributed by atoms with Gasteiger partial charge in [-0.15, -0.1) is 4.98 Å². The van der Waals surface area contributed by atoms with Crippen LogP contribution in [0, 0.1) is 0 Å². The van der Waals surface area contributed by atoms with Crippen LogP contribution in [0.1, 0.15) is 0 Å². The highest BCUT2D eigenvalue weighted by Crippen LogP contribution is 2.30. The summed E-state index contributed by atoms with van der Waals surface area (Å²) in [4.78, 5) is 10.7. The molecule has 16 heavy (non-hydrogen) atoms. The van der Waals surface area contributed by atoms with E-state index in [0.717, 1.165) is 6.33 Å². The zero-order chi connectivity index (χ0) is 12.4. The molecule has 0 aliphatic carbocycles. The van der Waals surface area contributed by atoms with Gasteiger partial charge in [0.2, 0.25) is 0 Å². The molecule has 0 amide bonds. The maximum atomic E-state index is 5.34. The Hall–Kier alpha value is 0.350. The van der Waals surface area contributed by atoms with Crippen molar-refractivity contribution in [3.8, 4) is 12.0 Å². The predicted octanol–water partition coefficient (Wildman–Crippen LogP) is 3.28. The van der Waals surface area contributed by atoms with Crippen molar-refractivity contribution in [3.63, 3.8) is 0 Å². The smallest absolute Gasteiger partial charge is 0.341 e. The van der Waals surface area contributed by atoms with E-state index in [1.54, 1.807) is 0 Å². The topological polar surface area (TPSA) is 57.1 Å². The van der Waals surface area contributed by atoms with Crippen LogP contribution in [0.3, 0.4) is 0 Å². The molecule has 1 rings (SSSR count). The van der Waals surface area contributed by atoms with E-state index in [9.17, 15) is 0 Å². The maximum Gasteiger partial charge on any atom is 0.341 e. The van der Waals surface area contributed by atoms with Gasteiger partial charge >= 0.3 is 20.0 Å². The largest absolute Gasteiger partial charge is 0.412 e. The Bertz CT molecular complexity index is 333. The van der Waals surface area contributed by atoms with Crippen molar-refractivity contribution in [2.24, 2.45) is 0 Å². The van der Waals surface area contributed by atoms with Crippen molar-refractivity contribution in [3.05, 3.63) is 6.33 Å². The molecule has 0 aromatic carbocycles. The molecule has 0 aliphatic heterocycles. The fourth-order valence-electron chi connectivity index (χ4n) is 0.573. The maximum absolute atomic E-state index is 5.34. The summed E-state index contributed by atoms with van der Waals surface area (Å²) in [5.41, 5.74) is 0. The Labute approximate surface area is 120 Å². The van der Waals surface area contributed by atoms with Crippen molar-refractivity contribution in [2.45, 2.75) is 7.96 Å². The molecule has 90 valence electrons. The van der Waals surface area contributed by atoms with Crippen LogP contribution < -0.4 is 9.47 Å². The molecule has 0 unspecified atom stereocenters. The Morgan fingerprint density at radius 1 is 0.812 bits per heavy atom. The lowest BCUT2D eigenvalue weighted by Gasteiger charge is -2.13. The van der Waals surface area contributed by atoms with Gasteiger partial charge in [-0.3, -0.25) is 0 Å². The number of nitrogens with zero attached hydrogens (tertiary/aromatic N) is 3. The van der Waals surface area contributed by atoms with Crippen LogP contribution in [-0.4, -0.2) is 22.9 Å². The molecule has 0 atom stereocenters. The van der Waals surface area contributed by atoms with E-state index in [0.29, 0.717) is 0 Å². The first kappa shape index (κ1) is 14.4. The number of aromatic nitrogens is 3. The summed E-state index contributed by atoms with van der Waals surface area (Å²) in [6.07, 6.45) is 1.03. The fraction of sp³-hybridized carbons (Fsp3) is 0.400. The van der Waals surface area contributed by atoms with E-state index in [2.05, 4.69) is 24.4 Å². The zero-order valence-electron chi connectivity index (χ0n) is 7.00. The van der Waals surface area contributed by atoms with Gasteiger partial charge in [-0.25, -0.2) is 0 Å². The first-order valence-corrected chi connectivity index (χ1v) is 5.63. The standard InChI is InChI=1S/C5HCl6N3O2/c6-4(7,8)15-2-12-1-13-3(14-2)16-5(9,10)11/h1H. The molecule has 0 bridgehead atoms. The molecule has 0 saturated carbocycles. The molecule has 0 aliphatic rings. The van der Waals surface area contributed by atoms with E-state index < -0.39 is 7.96 Å². The first-order chi connectivity index (χ1) is 7.16. The van der Waals surface area contributed by atoms with Gasteiger partial charge in [0.1, 0.15) is 6.33 Å². The molecule has 1 aromatic rings. The molecule has 11 heteroatoms. The molecule has 1 heterocycles. The summed E-state index contributed by atoms with van der Waals surface area (Å²) in [7, 11) is 0. The van der Waals surface area contributed by atoms with Gasteiger partial charge in [0.15, 0.2) is 0 Å². The van der Waals surface area contributed by atoms with Crippen molar-refractivity contribution in [2.75, 3.05) is 0 Å². The molecular weight excluding hydrogens is 347 g/mol. The lowest BCUT2D eigenvalue weighted by molar-refractivity contribution is 0.261. The molecular formula is C5HCl6N3O2. The molecule has 0 radical (unpaired) electrons. The van der Waals surface area contributed by atoms with Gasteiger partial charge in [0.25, 0.3) is 0 Å². The number of hydrogen-bond donors (Lipinski definition) is 0. The third-order valence-corrected chi connectivity index (χ3v) is 1.40. The van der Waals surface area contributed by atoms with Gasteiger partial charge in [0, 0.05) is 0 Å². The van der Waals surface area contributed by atoms with Gasteiger partial charge in [-0.1, -0.05) is 0 Å². The lowest BCUT2D eigenvalue weighted by atomic mass is 11.0. The van der Waals surface area contributed by atoms with Gasteiger partial charge in [-0.05, 0) is 69.6 Å². The third kappa shape index (κ3) is 6.18. The minimum atomic E-state index is -2.02. The number of alkyl halides is 6. The van der Waals surface area contributed by atoms with Crippen molar-refractivity contribution < 1.29 is 9.47 Å². The first-order valence-electron chi connectivity index (χ1n) is 3.36. The second kappa shape index (κ2) is 5.33. The molecule has 0 N–H and O–H groups in total. The zero-order valence-corrected chi connectivity index (χ0v) is 11.5. The SMILES string of the molecule is ClC(Cl)(Cl)Oc1ncnc(OC(Cl)(Cl)Cl)n1. The van der Waals surface area contributed by atoms with Gasteiger partial charge < -0.3 is 9.47 Å². The molecule has 1 aromatic heterocycles. The van der Waals surface area contributed by atoms with Gasteiger partial charge in [-0.2, -0.15) is 9.97 Å². The van der Waals surface area contributed by atoms with E-state index in [-0.39, 0.29) is 12.0 Å². The van der Waals surface area contributed by atoms with E-state index in [1.807, 2.05) is 0 Å². The minimum Gasteiger partial charge on any atom is -0.412 e. The van der Waals surface area contributed by atoms with Crippen LogP contribution in [-0.2, 0) is 0 Å². The number of rotatable bonds is 2. The quantitative estimate of drug-likeness (QED) is 0.768. The van der Waals surface area contributed by atoms with Crippen LogP contribution in [0.4, 0.5) is 0 Å². The molecule has 0 saturated heterocycles. The van der Waals surface area contributed by atoms with Crippen molar-refractivity contribution in [1.82, 2.24) is 15.0 Å². The Kier molecular flexibility index (Phi) is 4.80. The van der Waals surface area contributed by atoms with Gasteiger partial charge in [0.05, 0.1) is 0 Å². The summed E-state index contributed by atoms with van der Waals surface area (Å²) in [5.74, 6) is 0. The summed E-state index contributed by atoms with van der Waals surface area (Å²) in [5, 5.41) is 0. The minimum absolute atomic E-state index is 0.292.